The van der Waals surface area contributed by atoms with Crippen LogP contribution in [0.1, 0.15) is 16.8 Å². The molecule has 0 radical (unpaired) electrons. The van der Waals surface area contributed by atoms with Crippen molar-refractivity contribution in [3.63, 3.8) is 0 Å². The Bertz CT molecular complexity index is 942. The third-order valence-electron chi connectivity index (χ3n) is 3.86. The molecule has 1 heterocycles. The summed E-state index contributed by atoms with van der Waals surface area (Å²) in [5, 5.41) is 16.2. The Morgan fingerprint density at radius 1 is 1.19 bits per heavy atom. The molecular formula is C20H18N4O2. The first kappa shape index (κ1) is 17.2. The number of ether oxygens (including phenoxy) is 1. The van der Waals surface area contributed by atoms with E-state index < -0.39 is 0 Å². The number of anilines is 1. The fourth-order valence-corrected chi connectivity index (χ4v) is 2.61. The third kappa shape index (κ3) is 3.73. The zero-order valence-electron chi connectivity index (χ0n) is 14.3. The van der Waals surface area contributed by atoms with Gasteiger partial charge in [-0.05, 0) is 12.1 Å². The smallest absolute Gasteiger partial charge is 0.259 e. The number of amides is 1. The van der Waals surface area contributed by atoms with E-state index in [0.29, 0.717) is 35.7 Å². The second-order valence-electron chi connectivity index (χ2n) is 5.58. The Hall–Kier alpha value is -3.59. The summed E-state index contributed by atoms with van der Waals surface area (Å²) in [7, 11) is 1.56. The monoisotopic (exact) mass is 346 g/mol. The summed E-state index contributed by atoms with van der Waals surface area (Å²) in [5.74, 6) is 0.301. The lowest BCUT2D eigenvalue weighted by molar-refractivity contribution is 0.102. The van der Waals surface area contributed by atoms with Crippen LogP contribution in [0.2, 0.25) is 0 Å². The predicted molar refractivity (Wildman–Crippen MR) is 98.8 cm³/mol. The number of nitriles is 1. The van der Waals surface area contributed by atoms with Gasteiger partial charge in [-0.25, -0.2) is 0 Å². The normalized spacial score (nSPS) is 10.2. The van der Waals surface area contributed by atoms with Gasteiger partial charge in [-0.15, -0.1) is 0 Å². The fraction of sp³-hybridized carbons (Fsp3) is 0.150. The lowest BCUT2D eigenvalue weighted by atomic mass is 10.1. The van der Waals surface area contributed by atoms with Crippen LogP contribution in [-0.4, -0.2) is 22.8 Å². The van der Waals surface area contributed by atoms with Crippen LogP contribution in [0.15, 0.2) is 60.8 Å². The van der Waals surface area contributed by atoms with Gasteiger partial charge in [-0.3, -0.25) is 9.48 Å². The number of carbonyl (C=O) groups is 1. The summed E-state index contributed by atoms with van der Waals surface area (Å²) in [6.45, 7) is 0.429. The second kappa shape index (κ2) is 7.99. The van der Waals surface area contributed by atoms with Crippen molar-refractivity contribution < 1.29 is 9.53 Å². The standard InChI is InChI=1S/C20H18N4O2/c1-26-18-11-6-5-10-17(18)22-20(25)16-14-24(13-7-12-21)23-19(16)15-8-3-2-4-9-15/h2-6,8-11,14H,7,13H2,1H3,(H,22,25). The molecule has 2 aromatic carbocycles. The minimum atomic E-state index is -0.281. The minimum absolute atomic E-state index is 0.281. The van der Waals surface area contributed by atoms with Gasteiger partial charge in [0.15, 0.2) is 0 Å². The molecule has 0 spiro atoms. The summed E-state index contributed by atoms with van der Waals surface area (Å²) in [4.78, 5) is 12.9. The molecule has 0 bridgehead atoms. The lowest BCUT2D eigenvalue weighted by Crippen LogP contribution is -2.13. The molecule has 0 aliphatic heterocycles. The van der Waals surface area contributed by atoms with Crippen molar-refractivity contribution in [3.8, 4) is 23.1 Å². The maximum absolute atomic E-state index is 12.9. The van der Waals surface area contributed by atoms with Crippen LogP contribution in [0.3, 0.4) is 0 Å². The van der Waals surface area contributed by atoms with Gasteiger partial charge in [-0.2, -0.15) is 10.4 Å². The SMILES string of the molecule is COc1ccccc1NC(=O)c1cn(CCC#N)nc1-c1ccccc1. The molecule has 3 aromatic rings. The van der Waals surface area contributed by atoms with Crippen LogP contribution in [0, 0.1) is 11.3 Å². The van der Waals surface area contributed by atoms with E-state index in [1.54, 1.807) is 30.1 Å². The second-order valence-corrected chi connectivity index (χ2v) is 5.58. The maximum Gasteiger partial charge on any atom is 0.259 e. The summed E-state index contributed by atoms with van der Waals surface area (Å²) in [6, 6.07) is 18.8. The highest BCUT2D eigenvalue weighted by Crippen LogP contribution is 2.26. The Morgan fingerprint density at radius 2 is 1.92 bits per heavy atom. The molecule has 26 heavy (non-hydrogen) atoms. The molecule has 6 nitrogen and oxygen atoms in total. The first-order valence-corrected chi connectivity index (χ1v) is 8.17. The largest absolute Gasteiger partial charge is 0.495 e. The van der Waals surface area contributed by atoms with Crippen molar-refractivity contribution in [2.24, 2.45) is 0 Å². The molecule has 0 aliphatic carbocycles. The lowest BCUT2D eigenvalue weighted by Gasteiger charge is -2.09. The van der Waals surface area contributed by atoms with Crippen molar-refractivity contribution in [1.82, 2.24) is 9.78 Å². The zero-order chi connectivity index (χ0) is 18.4. The van der Waals surface area contributed by atoms with Crippen molar-refractivity contribution >= 4 is 11.6 Å². The van der Waals surface area contributed by atoms with Crippen molar-refractivity contribution in [3.05, 3.63) is 66.4 Å². The number of nitrogens with zero attached hydrogens (tertiary/aromatic N) is 3. The average Bonchev–Trinajstić information content (AvgIpc) is 3.12. The molecule has 1 amide bonds. The van der Waals surface area contributed by atoms with Crippen LogP contribution in [0.25, 0.3) is 11.3 Å². The molecule has 0 atom stereocenters. The van der Waals surface area contributed by atoms with Crippen molar-refractivity contribution in [2.45, 2.75) is 13.0 Å². The molecule has 130 valence electrons. The van der Waals surface area contributed by atoms with Gasteiger partial charge >= 0.3 is 0 Å². The number of carbonyl (C=O) groups excluding carboxylic acids is 1. The van der Waals surface area contributed by atoms with Gasteiger partial charge in [0.2, 0.25) is 0 Å². The summed E-state index contributed by atoms with van der Waals surface area (Å²) >= 11 is 0. The van der Waals surface area contributed by atoms with Gasteiger partial charge in [0.25, 0.3) is 5.91 Å². The number of aromatic nitrogens is 2. The molecule has 1 N–H and O–H groups in total. The van der Waals surface area contributed by atoms with Gasteiger partial charge in [-0.1, -0.05) is 42.5 Å². The van der Waals surface area contributed by atoms with Gasteiger partial charge in [0.1, 0.15) is 11.4 Å². The van der Waals surface area contributed by atoms with E-state index in [0.717, 1.165) is 5.56 Å². The summed E-state index contributed by atoms with van der Waals surface area (Å²) in [6.07, 6.45) is 1.99. The highest BCUT2D eigenvalue weighted by atomic mass is 16.5. The number of nitrogens with one attached hydrogen (secondary N) is 1. The molecule has 0 fully saturated rings. The number of rotatable bonds is 6. The number of hydrogen-bond acceptors (Lipinski definition) is 4. The molecule has 0 aliphatic rings. The molecule has 0 unspecified atom stereocenters. The fourth-order valence-electron chi connectivity index (χ4n) is 2.61. The Labute approximate surface area is 151 Å². The Morgan fingerprint density at radius 3 is 2.65 bits per heavy atom. The first-order chi connectivity index (χ1) is 12.7. The van der Waals surface area contributed by atoms with Gasteiger partial charge < -0.3 is 10.1 Å². The van der Waals surface area contributed by atoms with E-state index in [-0.39, 0.29) is 5.91 Å². The number of hydrogen-bond donors (Lipinski definition) is 1. The molecule has 1 aromatic heterocycles. The van der Waals surface area contributed by atoms with Crippen LogP contribution in [0.4, 0.5) is 5.69 Å². The van der Waals surface area contributed by atoms with Crippen LogP contribution < -0.4 is 10.1 Å². The van der Waals surface area contributed by atoms with Crippen molar-refractivity contribution in [2.75, 3.05) is 12.4 Å². The molecule has 0 saturated heterocycles. The topological polar surface area (TPSA) is 79.9 Å². The van der Waals surface area contributed by atoms with Crippen molar-refractivity contribution in [1.29, 1.82) is 5.26 Å². The molecule has 3 rings (SSSR count). The number of aryl methyl sites for hydroxylation is 1. The van der Waals surface area contributed by atoms with E-state index in [4.69, 9.17) is 10.00 Å². The highest BCUT2D eigenvalue weighted by molar-refractivity contribution is 6.08. The van der Waals surface area contributed by atoms with E-state index in [2.05, 4.69) is 16.5 Å². The third-order valence-corrected chi connectivity index (χ3v) is 3.86. The maximum atomic E-state index is 12.9. The van der Waals surface area contributed by atoms with E-state index >= 15 is 0 Å². The highest BCUT2D eigenvalue weighted by Gasteiger charge is 2.19. The van der Waals surface area contributed by atoms with Crippen LogP contribution in [-0.2, 0) is 6.54 Å². The number of para-hydroxylation sites is 2. The predicted octanol–water partition coefficient (Wildman–Crippen LogP) is 3.72. The average molecular weight is 346 g/mol. The Balaban J connectivity index is 1.96. The number of methoxy groups -OCH3 is 1. The Kier molecular flexibility index (Phi) is 5.30. The summed E-state index contributed by atoms with van der Waals surface area (Å²) in [5.41, 5.74) is 2.45. The zero-order valence-corrected chi connectivity index (χ0v) is 14.3. The summed E-state index contributed by atoms with van der Waals surface area (Å²) < 4.78 is 6.91. The van der Waals surface area contributed by atoms with E-state index in [1.165, 1.54) is 0 Å². The van der Waals surface area contributed by atoms with Crippen LogP contribution >= 0.6 is 0 Å². The van der Waals surface area contributed by atoms with Gasteiger partial charge in [0.05, 0.1) is 37.4 Å². The first-order valence-electron chi connectivity index (χ1n) is 8.17. The quantitative estimate of drug-likeness (QED) is 0.737. The van der Waals surface area contributed by atoms with Gasteiger partial charge in [0, 0.05) is 11.8 Å². The molecular weight excluding hydrogens is 328 g/mol. The van der Waals surface area contributed by atoms with E-state index in [9.17, 15) is 4.79 Å². The van der Waals surface area contributed by atoms with Crippen LogP contribution in [0.5, 0.6) is 5.75 Å². The molecule has 0 saturated carbocycles. The van der Waals surface area contributed by atoms with E-state index in [1.807, 2.05) is 42.5 Å². The minimum Gasteiger partial charge on any atom is -0.495 e. The number of benzene rings is 2. The molecule has 6 heteroatoms.